The van der Waals surface area contributed by atoms with Crippen molar-refractivity contribution in [3.8, 4) is 0 Å². The van der Waals surface area contributed by atoms with Crippen LogP contribution in [0, 0.1) is 0 Å². The zero-order chi connectivity index (χ0) is 13.8. The van der Waals surface area contributed by atoms with E-state index in [4.69, 9.17) is 4.74 Å². The normalized spacial score (nSPS) is 17.6. The zero-order valence-corrected chi connectivity index (χ0v) is 11.0. The standard InChI is InChI=1S/C18H16O2/c19-16-11-12-20-17(13-16)18(14-7-3-1-4-8-14)15-9-5-2-6-10-15/h1-13,17-19H/t17-/m1/s1. The van der Waals surface area contributed by atoms with Gasteiger partial charge in [-0.3, -0.25) is 0 Å². The molecule has 1 atom stereocenters. The van der Waals surface area contributed by atoms with Crippen LogP contribution in [-0.4, -0.2) is 11.2 Å². The highest BCUT2D eigenvalue weighted by atomic mass is 16.5. The van der Waals surface area contributed by atoms with E-state index in [0.29, 0.717) is 0 Å². The number of hydrogen-bond donors (Lipinski definition) is 1. The molecule has 2 heteroatoms. The molecular formula is C18H16O2. The molecule has 0 saturated carbocycles. The van der Waals surface area contributed by atoms with E-state index < -0.39 is 0 Å². The van der Waals surface area contributed by atoms with Gasteiger partial charge in [0.1, 0.15) is 11.9 Å². The van der Waals surface area contributed by atoms with Crippen molar-refractivity contribution in [2.75, 3.05) is 0 Å². The molecule has 1 aliphatic rings. The molecule has 100 valence electrons. The Kier molecular flexibility index (Phi) is 3.55. The zero-order valence-electron chi connectivity index (χ0n) is 11.0. The third kappa shape index (κ3) is 2.59. The van der Waals surface area contributed by atoms with E-state index in [2.05, 4.69) is 24.3 Å². The van der Waals surface area contributed by atoms with Crippen LogP contribution in [0.15, 0.2) is 84.8 Å². The summed E-state index contributed by atoms with van der Waals surface area (Å²) in [6.07, 6.45) is 4.66. The van der Waals surface area contributed by atoms with Crippen molar-refractivity contribution >= 4 is 0 Å². The third-order valence-electron chi connectivity index (χ3n) is 3.46. The molecule has 3 rings (SSSR count). The summed E-state index contributed by atoms with van der Waals surface area (Å²) in [7, 11) is 0. The van der Waals surface area contributed by atoms with Crippen LogP contribution in [0.5, 0.6) is 0 Å². The average Bonchev–Trinajstić information content (AvgIpc) is 2.50. The van der Waals surface area contributed by atoms with Crippen LogP contribution in [0.2, 0.25) is 0 Å². The number of allylic oxidation sites excluding steroid dienone is 1. The third-order valence-corrected chi connectivity index (χ3v) is 3.46. The monoisotopic (exact) mass is 264 g/mol. The van der Waals surface area contributed by atoms with Crippen molar-refractivity contribution in [3.63, 3.8) is 0 Å². The molecular weight excluding hydrogens is 248 g/mol. The van der Waals surface area contributed by atoms with Crippen LogP contribution in [0.3, 0.4) is 0 Å². The van der Waals surface area contributed by atoms with Crippen LogP contribution >= 0.6 is 0 Å². The second-order valence-corrected chi connectivity index (χ2v) is 4.79. The van der Waals surface area contributed by atoms with Gasteiger partial charge >= 0.3 is 0 Å². The smallest absolute Gasteiger partial charge is 0.131 e. The van der Waals surface area contributed by atoms with E-state index in [1.54, 1.807) is 18.4 Å². The maximum atomic E-state index is 9.72. The van der Waals surface area contributed by atoms with Crippen LogP contribution in [0.25, 0.3) is 0 Å². The fourth-order valence-electron chi connectivity index (χ4n) is 2.53. The number of rotatable bonds is 3. The lowest BCUT2D eigenvalue weighted by Crippen LogP contribution is -2.21. The molecule has 0 saturated heterocycles. The van der Waals surface area contributed by atoms with Gasteiger partial charge in [0.15, 0.2) is 0 Å². The predicted molar refractivity (Wildman–Crippen MR) is 79.5 cm³/mol. The predicted octanol–water partition coefficient (Wildman–Crippen LogP) is 4.17. The highest BCUT2D eigenvalue weighted by Crippen LogP contribution is 2.32. The van der Waals surface area contributed by atoms with Crippen LogP contribution in [-0.2, 0) is 4.74 Å². The molecule has 0 spiro atoms. The SMILES string of the molecule is OC1=C[C@H](C(c2ccccc2)c2ccccc2)OC=C1. The molecule has 0 radical (unpaired) electrons. The molecule has 1 heterocycles. The molecule has 0 unspecified atom stereocenters. The van der Waals surface area contributed by atoms with Crippen molar-refractivity contribution < 1.29 is 9.84 Å². The van der Waals surface area contributed by atoms with Gasteiger partial charge in [-0.15, -0.1) is 0 Å². The number of hydrogen-bond acceptors (Lipinski definition) is 2. The minimum absolute atomic E-state index is 0.0597. The van der Waals surface area contributed by atoms with Crippen molar-refractivity contribution in [1.82, 2.24) is 0 Å². The summed E-state index contributed by atoms with van der Waals surface area (Å²) in [5.41, 5.74) is 2.34. The number of ether oxygens (including phenoxy) is 1. The highest BCUT2D eigenvalue weighted by Gasteiger charge is 2.25. The quantitative estimate of drug-likeness (QED) is 0.901. The molecule has 1 N–H and O–H groups in total. The summed E-state index contributed by atoms with van der Waals surface area (Å²) in [5.74, 6) is 0.308. The Balaban J connectivity index is 2.03. The minimum atomic E-state index is -0.204. The summed E-state index contributed by atoms with van der Waals surface area (Å²) in [4.78, 5) is 0. The second kappa shape index (κ2) is 5.66. The Morgan fingerprint density at radius 3 is 1.90 bits per heavy atom. The average molecular weight is 264 g/mol. The highest BCUT2D eigenvalue weighted by molar-refractivity contribution is 5.36. The van der Waals surface area contributed by atoms with Gasteiger partial charge in [-0.05, 0) is 17.2 Å². The summed E-state index contributed by atoms with van der Waals surface area (Å²) in [5, 5.41) is 9.72. The fourth-order valence-corrected chi connectivity index (χ4v) is 2.53. The molecule has 0 aliphatic carbocycles. The molecule has 2 aromatic rings. The van der Waals surface area contributed by atoms with E-state index in [1.807, 2.05) is 36.4 Å². The van der Waals surface area contributed by atoms with E-state index >= 15 is 0 Å². The Morgan fingerprint density at radius 2 is 1.40 bits per heavy atom. The van der Waals surface area contributed by atoms with Gasteiger partial charge in [0, 0.05) is 12.0 Å². The van der Waals surface area contributed by atoms with Crippen molar-refractivity contribution in [1.29, 1.82) is 0 Å². The van der Waals surface area contributed by atoms with Gasteiger partial charge in [0.05, 0.1) is 6.26 Å². The molecule has 2 nitrogen and oxygen atoms in total. The van der Waals surface area contributed by atoms with Gasteiger partial charge in [-0.2, -0.15) is 0 Å². The molecule has 1 aliphatic heterocycles. The Hall–Kier alpha value is -2.48. The van der Waals surface area contributed by atoms with Gasteiger partial charge in [-0.1, -0.05) is 60.7 Å². The molecule has 0 bridgehead atoms. The molecule has 0 amide bonds. The Labute approximate surface area is 118 Å². The van der Waals surface area contributed by atoms with Gasteiger partial charge in [-0.25, -0.2) is 0 Å². The van der Waals surface area contributed by atoms with Crippen molar-refractivity contribution in [2.24, 2.45) is 0 Å². The minimum Gasteiger partial charge on any atom is -0.508 e. The maximum Gasteiger partial charge on any atom is 0.131 e. The summed E-state index contributed by atoms with van der Waals surface area (Å²) >= 11 is 0. The molecule has 2 aromatic carbocycles. The van der Waals surface area contributed by atoms with Crippen LogP contribution < -0.4 is 0 Å². The Bertz CT molecular complexity index is 575. The van der Waals surface area contributed by atoms with Crippen molar-refractivity contribution in [2.45, 2.75) is 12.0 Å². The summed E-state index contributed by atoms with van der Waals surface area (Å²) in [6.45, 7) is 0. The molecule has 0 aromatic heterocycles. The van der Waals surface area contributed by atoms with Gasteiger partial charge < -0.3 is 9.84 Å². The lowest BCUT2D eigenvalue weighted by Gasteiger charge is -2.27. The maximum absolute atomic E-state index is 9.72. The van der Waals surface area contributed by atoms with Gasteiger partial charge in [0.2, 0.25) is 0 Å². The largest absolute Gasteiger partial charge is 0.508 e. The first-order valence-corrected chi connectivity index (χ1v) is 6.67. The first-order valence-electron chi connectivity index (χ1n) is 6.67. The Morgan fingerprint density at radius 1 is 0.850 bits per heavy atom. The number of aliphatic hydroxyl groups is 1. The molecule has 0 fully saturated rings. The topological polar surface area (TPSA) is 29.5 Å². The number of benzene rings is 2. The van der Waals surface area contributed by atoms with Crippen LogP contribution in [0.4, 0.5) is 0 Å². The van der Waals surface area contributed by atoms with Crippen LogP contribution in [0.1, 0.15) is 17.0 Å². The summed E-state index contributed by atoms with van der Waals surface area (Å²) in [6, 6.07) is 20.4. The molecule has 20 heavy (non-hydrogen) atoms. The lowest BCUT2D eigenvalue weighted by atomic mass is 9.86. The first kappa shape index (κ1) is 12.5. The van der Waals surface area contributed by atoms with Gasteiger partial charge in [0.25, 0.3) is 0 Å². The van der Waals surface area contributed by atoms with E-state index in [-0.39, 0.29) is 17.8 Å². The van der Waals surface area contributed by atoms with E-state index in [1.165, 1.54) is 11.1 Å². The van der Waals surface area contributed by atoms with E-state index in [9.17, 15) is 5.11 Å². The summed E-state index contributed by atoms with van der Waals surface area (Å²) < 4.78 is 5.70. The van der Waals surface area contributed by atoms with Crippen molar-refractivity contribution in [3.05, 3.63) is 96.0 Å². The lowest BCUT2D eigenvalue weighted by molar-refractivity contribution is 0.159. The van der Waals surface area contributed by atoms with E-state index in [0.717, 1.165) is 0 Å². The second-order valence-electron chi connectivity index (χ2n) is 4.79. The number of aliphatic hydroxyl groups excluding tert-OH is 1. The fraction of sp³-hybridized carbons (Fsp3) is 0.111. The first-order chi connectivity index (χ1) is 9.84.